The number of hydrogen-bond acceptors (Lipinski definition) is 10. The fourth-order valence-corrected chi connectivity index (χ4v) is 5.81. The molecule has 0 spiro atoms. The van der Waals surface area contributed by atoms with Crippen LogP contribution in [0.15, 0.2) is 83.9 Å². The predicted octanol–water partition coefficient (Wildman–Crippen LogP) is 5.12. The van der Waals surface area contributed by atoms with Gasteiger partial charge < -0.3 is 14.2 Å². The number of carbonyl (C=O) groups excluding carboxylic acids is 4. The number of fused-ring (bicyclic) bond motifs is 1. The molecule has 1 fully saturated rings. The molecule has 2 aliphatic rings. The molecule has 44 heavy (non-hydrogen) atoms. The first-order chi connectivity index (χ1) is 21.3. The fraction of sp³-hybridized carbons (Fsp3) is 0.152. The number of Topliss-reactive ketones (excluding diaryl/α,β-unsaturated/α-hetero) is 1. The van der Waals surface area contributed by atoms with E-state index in [-0.39, 0.29) is 35.8 Å². The Kier molecular flexibility index (Phi) is 7.83. The van der Waals surface area contributed by atoms with Gasteiger partial charge in [0.1, 0.15) is 11.1 Å². The predicted molar refractivity (Wildman–Crippen MR) is 159 cm³/mol. The number of nitriles is 1. The first-order valence-electron chi connectivity index (χ1n) is 13.5. The molecule has 2 aliphatic heterocycles. The molecule has 6 rings (SSSR count). The van der Waals surface area contributed by atoms with Crippen molar-refractivity contribution in [1.29, 1.82) is 5.26 Å². The molecule has 0 bridgehead atoms. The summed E-state index contributed by atoms with van der Waals surface area (Å²) in [5.74, 6) is -0.699. The van der Waals surface area contributed by atoms with Crippen LogP contribution >= 0.6 is 11.8 Å². The van der Waals surface area contributed by atoms with E-state index in [0.717, 1.165) is 27.8 Å². The third-order valence-corrected chi connectivity index (χ3v) is 8.26. The normalized spacial score (nSPS) is 15.3. The summed E-state index contributed by atoms with van der Waals surface area (Å²) in [4.78, 5) is 56.9. The molecule has 3 aromatic carbocycles. The molecule has 1 saturated heterocycles. The summed E-state index contributed by atoms with van der Waals surface area (Å²) in [6, 6.07) is 23.6. The zero-order valence-corrected chi connectivity index (χ0v) is 24.1. The number of esters is 1. The van der Waals surface area contributed by atoms with Gasteiger partial charge in [0, 0.05) is 17.5 Å². The molecule has 1 aromatic heterocycles. The second-order valence-corrected chi connectivity index (χ2v) is 11.2. The topological polar surface area (TPSA) is 136 Å². The average Bonchev–Trinajstić information content (AvgIpc) is 3.62. The van der Waals surface area contributed by atoms with Gasteiger partial charge in [-0.15, -0.1) is 0 Å². The zero-order chi connectivity index (χ0) is 30.8. The van der Waals surface area contributed by atoms with Crippen molar-refractivity contribution >= 4 is 41.0 Å². The molecule has 0 saturated carbocycles. The molecule has 0 radical (unpaired) electrons. The van der Waals surface area contributed by atoms with E-state index in [0.29, 0.717) is 27.8 Å². The highest BCUT2D eigenvalue weighted by atomic mass is 32.2. The van der Waals surface area contributed by atoms with Gasteiger partial charge in [-0.05, 0) is 61.5 Å². The lowest BCUT2D eigenvalue weighted by Gasteiger charge is -2.15. The van der Waals surface area contributed by atoms with Crippen molar-refractivity contribution in [3.63, 3.8) is 0 Å². The van der Waals surface area contributed by atoms with Crippen LogP contribution in [0.2, 0.25) is 0 Å². The summed E-state index contributed by atoms with van der Waals surface area (Å²) in [5, 5.41) is 9.21. The number of imide groups is 1. The standard InChI is InChI=1S/C33H23N3O7S/c1-19-2-4-20(5-3-19)26(37)17-41-33(40)21-6-10-24(11-7-21)36-30(38)15-29(32(36)39)44-31-23(16-34)8-12-25(35-31)22-9-13-27-28(14-22)43-18-42-27/h2-14,29H,15,17-18H2,1H3. The summed E-state index contributed by atoms with van der Waals surface area (Å²) in [5.41, 5.74) is 3.50. The van der Waals surface area contributed by atoms with Crippen LogP contribution in [0, 0.1) is 18.3 Å². The van der Waals surface area contributed by atoms with Crippen LogP contribution in [-0.2, 0) is 14.3 Å². The summed E-state index contributed by atoms with van der Waals surface area (Å²) >= 11 is 1.06. The van der Waals surface area contributed by atoms with Crippen LogP contribution < -0.4 is 14.4 Å². The minimum Gasteiger partial charge on any atom is -0.454 e. The van der Waals surface area contributed by atoms with Crippen molar-refractivity contribution in [2.45, 2.75) is 23.6 Å². The quantitative estimate of drug-likeness (QED) is 0.151. The Morgan fingerprint density at radius 2 is 1.70 bits per heavy atom. The van der Waals surface area contributed by atoms with Crippen molar-refractivity contribution in [3.05, 3.63) is 101 Å². The summed E-state index contributed by atoms with van der Waals surface area (Å²) in [6.07, 6.45) is -0.0881. The van der Waals surface area contributed by atoms with Gasteiger partial charge in [-0.2, -0.15) is 5.26 Å². The van der Waals surface area contributed by atoms with Crippen molar-refractivity contribution in [2.24, 2.45) is 0 Å². The lowest BCUT2D eigenvalue weighted by atomic mass is 10.1. The van der Waals surface area contributed by atoms with Crippen LogP contribution in [0.3, 0.4) is 0 Å². The van der Waals surface area contributed by atoms with Gasteiger partial charge >= 0.3 is 5.97 Å². The maximum absolute atomic E-state index is 13.4. The van der Waals surface area contributed by atoms with E-state index in [1.807, 2.05) is 13.0 Å². The highest BCUT2D eigenvalue weighted by Crippen LogP contribution is 2.38. The Labute approximate surface area is 256 Å². The van der Waals surface area contributed by atoms with Crippen LogP contribution in [-0.4, -0.2) is 47.2 Å². The van der Waals surface area contributed by atoms with Gasteiger partial charge in [-0.25, -0.2) is 14.7 Å². The molecule has 2 amide bonds. The Balaban J connectivity index is 1.13. The third kappa shape index (κ3) is 5.75. The summed E-state index contributed by atoms with van der Waals surface area (Å²) in [6.45, 7) is 1.63. The van der Waals surface area contributed by atoms with E-state index in [1.54, 1.807) is 48.5 Å². The van der Waals surface area contributed by atoms with Crippen LogP contribution in [0.4, 0.5) is 5.69 Å². The van der Waals surface area contributed by atoms with Gasteiger partial charge in [0.25, 0.3) is 0 Å². The molecule has 218 valence electrons. The Morgan fingerprint density at radius 1 is 0.977 bits per heavy atom. The second kappa shape index (κ2) is 12.0. The number of benzene rings is 3. The van der Waals surface area contributed by atoms with Crippen molar-refractivity contribution < 1.29 is 33.4 Å². The number of aryl methyl sites for hydroxylation is 1. The molecule has 1 atom stereocenters. The lowest BCUT2D eigenvalue weighted by molar-refractivity contribution is -0.121. The molecule has 0 aliphatic carbocycles. The van der Waals surface area contributed by atoms with E-state index < -0.39 is 29.6 Å². The van der Waals surface area contributed by atoms with Gasteiger partial charge in [0.05, 0.1) is 27.8 Å². The number of thioether (sulfide) groups is 1. The number of amides is 2. The van der Waals surface area contributed by atoms with E-state index >= 15 is 0 Å². The summed E-state index contributed by atoms with van der Waals surface area (Å²) in [7, 11) is 0. The number of ketones is 1. The number of hydrogen-bond donors (Lipinski definition) is 0. The van der Waals surface area contributed by atoms with Crippen molar-refractivity contribution in [3.8, 4) is 28.8 Å². The number of ether oxygens (including phenoxy) is 3. The van der Waals surface area contributed by atoms with Crippen molar-refractivity contribution in [2.75, 3.05) is 18.3 Å². The van der Waals surface area contributed by atoms with Crippen LogP contribution in [0.25, 0.3) is 11.3 Å². The number of pyridine rings is 1. The Hall–Kier alpha value is -5.47. The van der Waals surface area contributed by atoms with Gasteiger partial charge in [0.15, 0.2) is 23.9 Å². The lowest BCUT2D eigenvalue weighted by Crippen LogP contribution is -2.31. The second-order valence-electron chi connectivity index (χ2n) is 10.0. The number of anilines is 1. The molecule has 4 aromatic rings. The van der Waals surface area contributed by atoms with E-state index in [2.05, 4.69) is 11.1 Å². The van der Waals surface area contributed by atoms with Crippen molar-refractivity contribution in [1.82, 2.24) is 4.98 Å². The molecular formula is C33H23N3O7S. The molecule has 10 nitrogen and oxygen atoms in total. The molecule has 0 N–H and O–H groups in total. The van der Waals surface area contributed by atoms with Crippen LogP contribution in [0.1, 0.15) is 38.3 Å². The number of rotatable bonds is 8. The minimum absolute atomic E-state index is 0.0881. The first kappa shape index (κ1) is 28.6. The van der Waals surface area contributed by atoms with E-state index in [1.165, 1.54) is 24.3 Å². The van der Waals surface area contributed by atoms with E-state index in [9.17, 15) is 24.4 Å². The Bertz CT molecular complexity index is 1850. The smallest absolute Gasteiger partial charge is 0.338 e. The minimum atomic E-state index is -0.800. The Morgan fingerprint density at radius 3 is 2.45 bits per heavy atom. The van der Waals surface area contributed by atoms with Crippen LogP contribution in [0.5, 0.6) is 11.5 Å². The number of aromatic nitrogens is 1. The molecule has 3 heterocycles. The maximum Gasteiger partial charge on any atom is 0.338 e. The summed E-state index contributed by atoms with van der Waals surface area (Å²) < 4.78 is 16.0. The molecule has 11 heteroatoms. The first-order valence-corrected chi connectivity index (χ1v) is 14.4. The monoisotopic (exact) mass is 605 g/mol. The zero-order valence-electron chi connectivity index (χ0n) is 23.3. The number of nitrogens with zero attached hydrogens (tertiary/aromatic N) is 3. The average molecular weight is 606 g/mol. The highest BCUT2D eigenvalue weighted by molar-refractivity contribution is 8.00. The third-order valence-electron chi connectivity index (χ3n) is 7.08. The fourth-order valence-electron chi connectivity index (χ4n) is 4.72. The SMILES string of the molecule is Cc1ccc(C(=O)COC(=O)c2ccc(N3C(=O)CC(Sc4nc(-c5ccc6c(c5)OCO6)ccc4C#N)C3=O)cc2)cc1. The highest BCUT2D eigenvalue weighted by Gasteiger charge is 2.41. The maximum atomic E-state index is 13.4. The largest absolute Gasteiger partial charge is 0.454 e. The number of carbonyl (C=O) groups is 4. The van der Waals surface area contributed by atoms with Gasteiger partial charge in [-0.3, -0.25) is 14.4 Å². The van der Waals surface area contributed by atoms with Gasteiger partial charge in [-0.1, -0.05) is 41.6 Å². The molecular weight excluding hydrogens is 582 g/mol. The van der Waals surface area contributed by atoms with Gasteiger partial charge in [0.2, 0.25) is 18.6 Å². The molecule has 1 unspecified atom stereocenters. The van der Waals surface area contributed by atoms with E-state index in [4.69, 9.17) is 14.2 Å².